The van der Waals surface area contributed by atoms with Gasteiger partial charge in [0.05, 0.1) is 17.3 Å². The summed E-state index contributed by atoms with van der Waals surface area (Å²) >= 11 is 0. The van der Waals surface area contributed by atoms with Crippen molar-refractivity contribution in [2.24, 2.45) is 5.73 Å². The van der Waals surface area contributed by atoms with Gasteiger partial charge in [0, 0.05) is 13.2 Å². The van der Waals surface area contributed by atoms with Crippen molar-refractivity contribution in [3.63, 3.8) is 0 Å². The average Bonchev–Trinajstić information content (AvgIpc) is 2.18. The topological polar surface area (TPSA) is 69.4 Å². The van der Waals surface area contributed by atoms with Crippen LogP contribution < -0.4 is 5.73 Å². The van der Waals surface area contributed by atoms with Crippen molar-refractivity contribution in [2.45, 2.75) is 10.9 Å². The van der Waals surface area contributed by atoms with Crippen LogP contribution in [0.5, 0.6) is 0 Å². The molecule has 2 N–H and O–H groups in total. The molecule has 1 unspecified atom stereocenters. The van der Waals surface area contributed by atoms with Gasteiger partial charge >= 0.3 is 0 Å². The van der Waals surface area contributed by atoms with Gasteiger partial charge in [0.2, 0.25) is 0 Å². The lowest BCUT2D eigenvalue weighted by Gasteiger charge is -2.10. The maximum atomic E-state index is 11.8. The van der Waals surface area contributed by atoms with Crippen LogP contribution in [0.4, 0.5) is 0 Å². The maximum Gasteiger partial charge on any atom is 0.179 e. The molecule has 1 aromatic carbocycles. The Kier molecular flexibility index (Phi) is 4.26. The van der Waals surface area contributed by atoms with Gasteiger partial charge in [-0.15, -0.1) is 0 Å². The van der Waals surface area contributed by atoms with Gasteiger partial charge in [0.25, 0.3) is 0 Å². The van der Waals surface area contributed by atoms with E-state index < -0.39 is 15.9 Å². The highest BCUT2D eigenvalue weighted by atomic mass is 32.2. The van der Waals surface area contributed by atoms with Gasteiger partial charge in [0.1, 0.15) is 0 Å². The summed E-state index contributed by atoms with van der Waals surface area (Å²) in [6, 6.07) is 7.79. The molecule has 0 spiro atoms. The van der Waals surface area contributed by atoms with E-state index in [2.05, 4.69) is 0 Å². The first kappa shape index (κ1) is 12.2. The monoisotopic (exact) mass is 229 g/mol. The second-order valence-electron chi connectivity index (χ2n) is 3.31. The van der Waals surface area contributed by atoms with Gasteiger partial charge in [-0.1, -0.05) is 18.2 Å². The minimum absolute atomic E-state index is 0.0924. The van der Waals surface area contributed by atoms with Gasteiger partial charge in [-0.3, -0.25) is 0 Å². The van der Waals surface area contributed by atoms with Gasteiger partial charge < -0.3 is 10.5 Å². The number of hydrogen-bond acceptors (Lipinski definition) is 4. The zero-order chi connectivity index (χ0) is 11.3. The van der Waals surface area contributed by atoms with E-state index >= 15 is 0 Å². The summed E-state index contributed by atoms with van der Waals surface area (Å²) in [7, 11) is -1.79. The molecule has 0 saturated carbocycles. The summed E-state index contributed by atoms with van der Waals surface area (Å²) in [6.45, 7) is 0.242. The number of methoxy groups -OCH3 is 1. The third-order valence-electron chi connectivity index (χ3n) is 1.92. The van der Waals surface area contributed by atoms with Crippen molar-refractivity contribution >= 4 is 9.84 Å². The van der Waals surface area contributed by atoms with Gasteiger partial charge in [-0.05, 0) is 12.1 Å². The fraction of sp³-hybridized carbons (Fsp3) is 0.400. The molecule has 4 nitrogen and oxygen atoms in total. The van der Waals surface area contributed by atoms with E-state index in [9.17, 15) is 8.42 Å². The van der Waals surface area contributed by atoms with Crippen LogP contribution in [0.1, 0.15) is 0 Å². The normalized spacial score (nSPS) is 13.7. The number of nitrogens with two attached hydrogens (primary N) is 1. The van der Waals surface area contributed by atoms with Crippen molar-refractivity contribution in [1.29, 1.82) is 0 Å². The molecule has 0 aliphatic rings. The first-order chi connectivity index (χ1) is 7.06. The van der Waals surface area contributed by atoms with Crippen LogP contribution in [0.2, 0.25) is 0 Å². The predicted molar refractivity (Wildman–Crippen MR) is 58.3 cm³/mol. The van der Waals surface area contributed by atoms with E-state index in [-0.39, 0.29) is 12.4 Å². The smallest absolute Gasteiger partial charge is 0.179 e. The molecule has 0 bridgehead atoms. The molecular formula is C10H15NO3S. The van der Waals surface area contributed by atoms with E-state index in [1.54, 1.807) is 30.3 Å². The quantitative estimate of drug-likeness (QED) is 0.795. The first-order valence-corrected chi connectivity index (χ1v) is 6.24. The summed E-state index contributed by atoms with van der Waals surface area (Å²) in [6.07, 6.45) is 0. The maximum absolute atomic E-state index is 11.8. The number of sulfone groups is 1. The van der Waals surface area contributed by atoms with Crippen molar-refractivity contribution in [3.8, 4) is 0 Å². The Hall–Kier alpha value is -0.910. The Labute approximate surface area is 90.0 Å². The lowest BCUT2D eigenvalue weighted by atomic mass is 10.4. The van der Waals surface area contributed by atoms with Crippen LogP contribution in [0.25, 0.3) is 0 Å². The van der Waals surface area contributed by atoms with E-state index in [1.165, 1.54) is 7.11 Å². The van der Waals surface area contributed by atoms with Gasteiger partial charge in [0.15, 0.2) is 9.84 Å². The lowest BCUT2D eigenvalue weighted by molar-refractivity contribution is 0.186. The SMILES string of the molecule is COCC(N)CS(=O)(=O)c1ccccc1. The summed E-state index contributed by atoms with van der Waals surface area (Å²) < 4.78 is 28.4. The number of benzene rings is 1. The zero-order valence-corrected chi connectivity index (χ0v) is 9.41. The molecule has 0 aliphatic carbocycles. The Morgan fingerprint density at radius 1 is 1.33 bits per heavy atom. The van der Waals surface area contributed by atoms with Crippen LogP contribution in [-0.2, 0) is 14.6 Å². The van der Waals surface area contributed by atoms with Crippen molar-refractivity contribution in [2.75, 3.05) is 19.5 Å². The summed E-state index contributed by atoms with van der Waals surface area (Å²) in [5.74, 6) is -0.0924. The molecule has 1 atom stereocenters. The Bertz CT molecular complexity index is 388. The summed E-state index contributed by atoms with van der Waals surface area (Å²) in [5, 5.41) is 0. The standard InChI is InChI=1S/C10H15NO3S/c1-14-7-9(11)8-15(12,13)10-5-3-2-4-6-10/h2-6,9H,7-8,11H2,1H3. The van der Waals surface area contributed by atoms with Crippen LogP contribution >= 0.6 is 0 Å². The molecule has 0 aromatic heterocycles. The minimum Gasteiger partial charge on any atom is -0.383 e. The van der Waals surface area contributed by atoms with Crippen LogP contribution in [-0.4, -0.2) is 33.9 Å². The molecule has 5 heteroatoms. The van der Waals surface area contributed by atoms with Crippen LogP contribution in [0.15, 0.2) is 35.2 Å². The molecule has 0 aliphatic heterocycles. The van der Waals surface area contributed by atoms with E-state index in [1.807, 2.05) is 0 Å². The molecule has 1 aromatic rings. The van der Waals surface area contributed by atoms with E-state index in [0.29, 0.717) is 4.90 Å². The fourth-order valence-corrected chi connectivity index (χ4v) is 2.69. The first-order valence-electron chi connectivity index (χ1n) is 4.58. The van der Waals surface area contributed by atoms with E-state index in [4.69, 9.17) is 10.5 Å². The second kappa shape index (κ2) is 5.25. The van der Waals surface area contributed by atoms with Gasteiger partial charge in [-0.2, -0.15) is 0 Å². The van der Waals surface area contributed by atoms with Crippen LogP contribution in [0, 0.1) is 0 Å². The van der Waals surface area contributed by atoms with Crippen molar-refractivity contribution in [3.05, 3.63) is 30.3 Å². The molecular weight excluding hydrogens is 214 g/mol. The molecule has 84 valence electrons. The van der Waals surface area contributed by atoms with Gasteiger partial charge in [-0.25, -0.2) is 8.42 Å². The molecule has 0 amide bonds. The zero-order valence-electron chi connectivity index (χ0n) is 8.59. The molecule has 1 rings (SSSR count). The Morgan fingerprint density at radius 2 is 1.93 bits per heavy atom. The molecule has 0 fully saturated rings. The number of ether oxygens (including phenoxy) is 1. The molecule has 0 heterocycles. The van der Waals surface area contributed by atoms with Crippen molar-refractivity contribution < 1.29 is 13.2 Å². The molecule has 0 saturated heterocycles. The highest BCUT2D eigenvalue weighted by molar-refractivity contribution is 7.91. The Balaban J connectivity index is 2.77. The van der Waals surface area contributed by atoms with Crippen LogP contribution in [0.3, 0.4) is 0 Å². The lowest BCUT2D eigenvalue weighted by Crippen LogP contribution is -2.33. The highest BCUT2D eigenvalue weighted by Gasteiger charge is 2.18. The predicted octanol–water partition coefficient (Wildman–Crippen LogP) is 0.434. The minimum atomic E-state index is -3.29. The summed E-state index contributed by atoms with van der Waals surface area (Å²) in [5.41, 5.74) is 5.60. The third-order valence-corrected chi connectivity index (χ3v) is 3.77. The average molecular weight is 229 g/mol. The third kappa shape index (κ3) is 3.62. The second-order valence-corrected chi connectivity index (χ2v) is 5.34. The largest absolute Gasteiger partial charge is 0.383 e. The Morgan fingerprint density at radius 3 is 2.47 bits per heavy atom. The fourth-order valence-electron chi connectivity index (χ4n) is 1.27. The molecule has 15 heavy (non-hydrogen) atoms. The number of hydrogen-bond donors (Lipinski definition) is 1. The number of rotatable bonds is 5. The van der Waals surface area contributed by atoms with E-state index in [0.717, 1.165) is 0 Å². The molecule has 0 radical (unpaired) electrons. The highest BCUT2D eigenvalue weighted by Crippen LogP contribution is 2.10. The van der Waals surface area contributed by atoms with Crippen molar-refractivity contribution in [1.82, 2.24) is 0 Å². The summed E-state index contributed by atoms with van der Waals surface area (Å²) in [4.78, 5) is 0.302.